The highest BCUT2D eigenvalue weighted by Gasteiger charge is 2.17. The Balaban J connectivity index is 2.04. The van der Waals surface area contributed by atoms with Gasteiger partial charge in [-0.25, -0.2) is 8.42 Å². The normalized spacial score (nSPS) is 13.0. The fourth-order valence-corrected chi connectivity index (χ4v) is 3.66. The van der Waals surface area contributed by atoms with Crippen molar-refractivity contribution in [2.24, 2.45) is 0 Å². The van der Waals surface area contributed by atoms with E-state index in [1.807, 2.05) is 12.1 Å². The van der Waals surface area contributed by atoms with E-state index in [0.717, 1.165) is 12.0 Å². The monoisotopic (exact) mass is 372 g/mol. The first-order valence-electron chi connectivity index (χ1n) is 9.15. The Morgan fingerprint density at radius 2 is 1.42 bits per heavy atom. The number of carbonyl (C=O) groups excluding carboxylic acids is 1. The fraction of sp³-hybridized carbons (Fsp3) is 0.409. The first-order valence-corrected chi connectivity index (χ1v) is 10.9. The van der Waals surface area contributed by atoms with E-state index >= 15 is 0 Å². The van der Waals surface area contributed by atoms with Gasteiger partial charge in [-0.05, 0) is 42.9 Å². The van der Waals surface area contributed by atoms with Crippen LogP contribution < -0.4 is 0 Å². The Hall–Kier alpha value is -1.94. The average molecular weight is 373 g/mol. The zero-order valence-electron chi connectivity index (χ0n) is 16.0. The zero-order valence-corrected chi connectivity index (χ0v) is 16.8. The number of benzene rings is 2. The summed E-state index contributed by atoms with van der Waals surface area (Å²) in [5.74, 6) is 0.574. The van der Waals surface area contributed by atoms with Gasteiger partial charge in [0.25, 0.3) is 0 Å². The van der Waals surface area contributed by atoms with Gasteiger partial charge in [0.2, 0.25) is 0 Å². The van der Waals surface area contributed by atoms with Gasteiger partial charge in [-0.2, -0.15) is 0 Å². The first kappa shape index (κ1) is 20.4. The second-order valence-corrected chi connectivity index (χ2v) is 9.76. The van der Waals surface area contributed by atoms with Crippen LogP contribution in [0.3, 0.4) is 0 Å². The zero-order chi connectivity index (χ0) is 19.3. The molecule has 0 aromatic heterocycles. The third-order valence-corrected chi connectivity index (χ3v) is 7.06. The third-order valence-electron chi connectivity index (χ3n) is 4.89. The lowest BCUT2D eigenvalue weighted by atomic mass is 9.96. The molecule has 1 atom stereocenters. The van der Waals surface area contributed by atoms with Crippen LogP contribution >= 0.6 is 0 Å². The molecule has 1 unspecified atom stereocenters. The number of carbonyl (C=O) groups is 1. The van der Waals surface area contributed by atoms with E-state index in [1.165, 1.54) is 5.56 Å². The van der Waals surface area contributed by atoms with E-state index in [2.05, 4.69) is 26.0 Å². The Kier molecular flexibility index (Phi) is 6.76. The molecule has 2 aromatic carbocycles. The second kappa shape index (κ2) is 8.63. The highest BCUT2D eigenvalue weighted by molar-refractivity contribution is 7.91. The molecule has 0 bridgehead atoms. The molecular weight excluding hydrogens is 344 g/mol. The molecule has 2 rings (SSSR count). The van der Waals surface area contributed by atoms with E-state index in [-0.39, 0.29) is 11.5 Å². The molecule has 0 saturated carbocycles. The lowest BCUT2D eigenvalue weighted by molar-refractivity contribution is 0.0993. The van der Waals surface area contributed by atoms with Crippen LogP contribution in [0.4, 0.5) is 0 Å². The maximum atomic E-state index is 12.5. The summed E-state index contributed by atoms with van der Waals surface area (Å²) in [6, 6.07) is 15.1. The SMILES string of the molecule is CCC(C)c1ccc(CC(=O)c2ccc(CS(=O)(=O)C(C)C)cc2)cc1. The van der Waals surface area contributed by atoms with Crippen LogP contribution in [-0.2, 0) is 22.0 Å². The predicted molar refractivity (Wildman–Crippen MR) is 107 cm³/mol. The molecule has 26 heavy (non-hydrogen) atoms. The quantitative estimate of drug-likeness (QED) is 0.616. The van der Waals surface area contributed by atoms with Crippen LogP contribution in [-0.4, -0.2) is 19.5 Å². The topological polar surface area (TPSA) is 51.2 Å². The van der Waals surface area contributed by atoms with Gasteiger partial charge in [0, 0.05) is 12.0 Å². The Morgan fingerprint density at radius 3 is 1.92 bits per heavy atom. The van der Waals surface area contributed by atoms with Crippen LogP contribution in [0.15, 0.2) is 48.5 Å². The standard InChI is InChI=1S/C22H28O3S/c1-5-17(4)20-10-6-18(7-11-20)14-22(23)21-12-8-19(9-13-21)15-26(24,25)16(2)3/h6-13,16-17H,5,14-15H2,1-4H3. The van der Waals surface area contributed by atoms with Crippen molar-refractivity contribution in [1.82, 2.24) is 0 Å². The summed E-state index contributed by atoms with van der Waals surface area (Å²) in [5, 5.41) is -0.401. The largest absolute Gasteiger partial charge is 0.294 e. The molecule has 0 N–H and O–H groups in total. The molecule has 0 aliphatic rings. The molecule has 0 radical (unpaired) electrons. The smallest absolute Gasteiger partial charge is 0.167 e. The van der Waals surface area contributed by atoms with Crippen LogP contribution in [0.1, 0.15) is 67.1 Å². The third kappa shape index (κ3) is 5.28. The van der Waals surface area contributed by atoms with Gasteiger partial charge >= 0.3 is 0 Å². The van der Waals surface area contributed by atoms with Gasteiger partial charge in [-0.3, -0.25) is 4.79 Å². The number of hydrogen-bond acceptors (Lipinski definition) is 3. The van der Waals surface area contributed by atoms with Crippen LogP contribution in [0.25, 0.3) is 0 Å². The van der Waals surface area contributed by atoms with E-state index in [0.29, 0.717) is 23.5 Å². The molecule has 0 saturated heterocycles. The van der Waals surface area contributed by atoms with E-state index < -0.39 is 15.1 Å². The van der Waals surface area contributed by atoms with Crippen LogP contribution in [0, 0.1) is 0 Å². The lowest BCUT2D eigenvalue weighted by Gasteiger charge is -2.10. The van der Waals surface area contributed by atoms with Gasteiger partial charge in [0.1, 0.15) is 0 Å². The van der Waals surface area contributed by atoms with Crippen LogP contribution in [0.2, 0.25) is 0 Å². The van der Waals surface area contributed by atoms with Crippen molar-refractivity contribution in [1.29, 1.82) is 0 Å². The summed E-state index contributed by atoms with van der Waals surface area (Å²) >= 11 is 0. The maximum absolute atomic E-state index is 12.5. The van der Waals surface area contributed by atoms with Gasteiger partial charge < -0.3 is 0 Å². The van der Waals surface area contributed by atoms with E-state index in [1.54, 1.807) is 38.1 Å². The maximum Gasteiger partial charge on any atom is 0.167 e. The van der Waals surface area contributed by atoms with E-state index in [9.17, 15) is 13.2 Å². The molecule has 0 aliphatic heterocycles. The Labute approximate surface area is 157 Å². The molecule has 0 spiro atoms. The molecule has 2 aromatic rings. The second-order valence-electron chi connectivity index (χ2n) is 7.20. The molecule has 0 amide bonds. The molecule has 4 heteroatoms. The van der Waals surface area contributed by atoms with E-state index in [4.69, 9.17) is 0 Å². The molecule has 0 aliphatic carbocycles. The number of sulfone groups is 1. The summed E-state index contributed by atoms with van der Waals surface area (Å²) in [6.45, 7) is 7.72. The lowest BCUT2D eigenvalue weighted by Crippen LogP contribution is -2.16. The minimum atomic E-state index is -3.13. The van der Waals surface area contributed by atoms with Crippen molar-refractivity contribution in [3.63, 3.8) is 0 Å². The highest BCUT2D eigenvalue weighted by Crippen LogP contribution is 2.20. The minimum Gasteiger partial charge on any atom is -0.294 e. The number of rotatable bonds is 8. The molecule has 0 fully saturated rings. The summed E-state index contributed by atoms with van der Waals surface area (Å²) < 4.78 is 24.0. The van der Waals surface area contributed by atoms with Gasteiger partial charge in [-0.15, -0.1) is 0 Å². The van der Waals surface area contributed by atoms with Crippen molar-refractivity contribution in [2.75, 3.05) is 0 Å². The Bertz CT molecular complexity index is 832. The van der Waals surface area contributed by atoms with Gasteiger partial charge in [-0.1, -0.05) is 62.4 Å². The van der Waals surface area contributed by atoms with Crippen molar-refractivity contribution in [3.05, 3.63) is 70.8 Å². The number of Topliss-reactive ketones (excluding diaryl/α,β-unsaturated/α-hetero) is 1. The van der Waals surface area contributed by atoms with Crippen molar-refractivity contribution < 1.29 is 13.2 Å². The fourth-order valence-electron chi connectivity index (χ4n) is 2.67. The van der Waals surface area contributed by atoms with Crippen molar-refractivity contribution in [3.8, 4) is 0 Å². The van der Waals surface area contributed by atoms with Gasteiger partial charge in [0.15, 0.2) is 15.6 Å². The Morgan fingerprint density at radius 1 is 0.885 bits per heavy atom. The summed E-state index contributed by atoms with van der Waals surface area (Å²) in [4.78, 5) is 12.5. The van der Waals surface area contributed by atoms with Gasteiger partial charge in [0.05, 0.1) is 11.0 Å². The first-order chi connectivity index (χ1) is 12.2. The number of hydrogen-bond donors (Lipinski definition) is 0. The highest BCUT2D eigenvalue weighted by atomic mass is 32.2. The van der Waals surface area contributed by atoms with Crippen molar-refractivity contribution >= 4 is 15.6 Å². The summed E-state index contributed by atoms with van der Waals surface area (Å²) in [6.07, 6.45) is 1.45. The van der Waals surface area contributed by atoms with Crippen molar-refractivity contribution in [2.45, 2.75) is 57.5 Å². The molecule has 0 heterocycles. The number of ketones is 1. The molecule has 140 valence electrons. The molecule has 3 nitrogen and oxygen atoms in total. The summed E-state index contributed by atoms with van der Waals surface area (Å²) in [5.41, 5.74) is 3.61. The molecular formula is C22H28O3S. The van der Waals surface area contributed by atoms with Crippen LogP contribution in [0.5, 0.6) is 0 Å². The average Bonchev–Trinajstić information content (AvgIpc) is 2.61. The summed E-state index contributed by atoms with van der Waals surface area (Å²) in [7, 11) is -3.13. The minimum absolute atomic E-state index is 0.0101. The predicted octanol–water partition coefficient (Wildman–Crippen LogP) is 4.95.